The summed E-state index contributed by atoms with van der Waals surface area (Å²) in [6.07, 6.45) is 0.358. The number of aromatic nitrogens is 1. The third kappa shape index (κ3) is 4.49. The predicted molar refractivity (Wildman–Crippen MR) is 108 cm³/mol. The number of methoxy groups -OCH3 is 1. The molecular weight excluding hydrogens is 418 g/mol. The molecule has 0 aliphatic heterocycles. The van der Waals surface area contributed by atoms with Crippen LogP contribution < -0.4 is 11.1 Å². The van der Waals surface area contributed by atoms with Gasteiger partial charge in [0.1, 0.15) is 0 Å². The fraction of sp³-hybridized carbons (Fsp3) is 0.211. The van der Waals surface area contributed by atoms with Crippen LogP contribution in [-0.2, 0) is 16.1 Å². The van der Waals surface area contributed by atoms with Crippen molar-refractivity contribution >= 4 is 46.0 Å². The molecule has 11 heteroatoms. The van der Waals surface area contributed by atoms with E-state index in [1.54, 1.807) is 0 Å². The molecule has 0 aliphatic rings. The van der Waals surface area contributed by atoms with Gasteiger partial charge in [0.05, 0.1) is 39.9 Å². The van der Waals surface area contributed by atoms with E-state index in [1.165, 1.54) is 48.1 Å². The Hall–Kier alpha value is -3.66. The van der Waals surface area contributed by atoms with Crippen LogP contribution in [0, 0.1) is 10.1 Å². The van der Waals surface area contributed by atoms with Crippen LogP contribution in [0.25, 0.3) is 11.1 Å². The van der Waals surface area contributed by atoms with Gasteiger partial charge in [-0.25, -0.2) is 9.59 Å². The summed E-state index contributed by atoms with van der Waals surface area (Å²) in [5, 5.41) is 13.7. The van der Waals surface area contributed by atoms with Crippen molar-refractivity contribution in [1.29, 1.82) is 0 Å². The molecule has 3 aromatic rings. The average Bonchev–Trinajstić information content (AvgIpc) is 3.03. The number of non-ortho nitro benzene ring substituents is 1. The number of halogens is 1. The number of nitro benzene ring substituents is 1. The Morgan fingerprint density at radius 2 is 2.03 bits per heavy atom. The fourth-order valence-electron chi connectivity index (χ4n) is 2.86. The predicted octanol–water partition coefficient (Wildman–Crippen LogP) is 3.36. The highest BCUT2D eigenvalue weighted by Gasteiger charge is 2.15. The first-order chi connectivity index (χ1) is 14.3. The van der Waals surface area contributed by atoms with Crippen LogP contribution in [0.5, 0.6) is 0 Å². The molecule has 0 unspecified atom stereocenters. The monoisotopic (exact) mass is 433 g/mol. The molecule has 0 radical (unpaired) electrons. The van der Waals surface area contributed by atoms with Crippen LogP contribution in [0.1, 0.15) is 23.2 Å². The lowest BCUT2D eigenvalue weighted by molar-refractivity contribution is -0.384. The zero-order valence-electron chi connectivity index (χ0n) is 15.7. The second-order valence-electron chi connectivity index (χ2n) is 6.27. The molecule has 0 saturated carbocycles. The maximum Gasteiger partial charge on any atom is 0.419 e. The second-order valence-corrected chi connectivity index (χ2v) is 6.67. The lowest BCUT2D eigenvalue weighted by atomic mass is 10.2. The minimum atomic E-state index is -0.667. The minimum absolute atomic E-state index is 0.0604. The zero-order valence-corrected chi connectivity index (χ0v) is 16.5. The molecule has 10 nitrogen and oxygen atoms in total. The number of oxazole rings is 1. The van der Waals surface area contributed by atoms with Gasteiger partial charge in [0.2, 0.25) is 5.91 Å². The number of nitrogens with zero attached hydrogens (tertiary/aromatic N) is 2. The molecule has 156 valence electrons. The van der Waals surface area contributed by atoms with E-state index in [1.807, 2.05) is 0 Å². The number of carbonyl (C=O) groups excluding carboxylic acids is 2. The van der Waals surface area contributed by atoms with Crippen molar-refractivity contribution < 1.29 is 23.7 Å². The summed E-state index contributed by atoms with van der Waals surface area (Å²) in [4.78, 5) is 46.1. The summed E-state index contributed by atoms with van der Waals surface area (Å²) >= 11 is 6.05. The molecule has 1 N–H and O–H groups in total. The third-order valence-corrected chi connectivity index (χ3v) is 4.64. The van der Waals surface area contributed by atoms with E-state index in [-0.39, 0.29) is 46.4 Å². The Balaban J connectivity index is 1.65. The number of carbonyl (C=O) groups is 2. The number of benzene rings is 2. The van der Waals surface area contributed by atoms with Crippen LogP contribution >= 0.6 is 11.6 Å². The number of hydrogen-bond donors (Lipinski definition) is 1. The van der Waals surface area contributed by atoms with Gasteiger partial charge in [0, 0.05) is 19.0 Å². The van der Waals surface area contributed by atoms with E-state index in [9.17, 15) is 24.5 Å². The number of esters is 1. The van der Waals surface area contributed by atoms with Crippen molar-refractivity contribution in [2.45, 2.75) is 19.4 Å². The van der Waals surface area contributed by atoms with E-state index < -0.39 is 16.6 Å². The molecule has 0 bridgehead atoms. The van der Waals surface area contributed by atoms with E-state index in [0.717, 1.165) is 0 Å². The molecule has 1 amide bonds. The Morgan fingerprint density at radius 3 is 2.73 bits per heavy atom. The molecule has 0 atom stereocenters. The largest absolute Gasteiger partial charge is 0.465 e. The smallest absolute Gasteiger partial charge is 0.419 e. The van der Waals surface area contributed by atoms with Gasteiger partial charge in [0.15, 0.2) is 5.58 Å². The minimum Gasteiger partial charge on any atom is -0.465 e. The van der Waals surface area contributed by atoms with E-state index in [2.05, 4.69) is 10.1 Å². The van der Waals surface area contributed by atoms with Crippen molar-refractivity contribution in [3.8, 4) is 0 Å². The molecule has 0 spiro atoms. The van der Waals surface area contributed by atoms with Crippen molar-refractivity contribution in [2.24, 2.45) is 0 Å². The number of nitrogens with one attached hydrogen (secondary N) is 1. The first kappa shape index (κ1) is 21.1. The normalized spacial score (nSPS) is 10.7. The van der Waals surface area contributed by atoms with Gasteiger partial charge >= 0.3 is 11.7 Å². The summed E-state index contributed by atoms with van der Waals surface area (Å²) < 4.78 is 11.0. The zero-order chi connectivity index (χ0) is 21.8. The molecule has 2 aromatic carbocycles. The topological polar surface area (TPSA) is 134 Å². The summed E-state index contributed by atoms with van der Waals surface area (Å²) in [5.74, 6) is -1.59. The van der Waals surface area contributed by atoms with E-state index in [0.29, 0.717) is 11.9 Å². The Bertz CT molecular complexity index is 1200. The lowest BCUT2D eigenvalue weighted by Crippen LogP contribution is -2.17. The van der Waals surface area contributed by atoms with Crippen LogP contribution in [0.2, 0.25) is 5.02 Å². The van der Waals surface area contributed by atoms with Gasteiger partial charge < -0.3 is 14.5 Å². The molecule has 1 aromatic heterocycles. The van der Waals surface area contributed by atoms with Gasteiger partial charge in [-0.15, -0.1) is 0 Å². The number of ether oxygens (including phenoxy) is 1. The quantitative estimate of drug-likeness (QED) is 0.343. The Kier molecular flexibility index (Phi) is 6.17. The SMILES string of the molecule is COC(=O)c1ccc(Cl)c(NC(=O)CCCn2c(=O)oc3cc([N+](=O)[O-])ccc32)c1. The molecular formula is C19H16ClN3O7. The van der Waals surface area contributed by atoms with Crippen molar-refractivity contribution in [3.63, 3.8) is 0 Å². The fourth-order valence-corrected chi connectivity index (χ4v) is 3.02. The van der Waals surface area contributed by atoms with Gasteiger partial charge in [-0.1, -0.05) is 11.6 Å². The number of aryl methyl sites for hydroxylation is 1. The number of amides is 1. The van der Waals surface area contributed by atoms with Crippen molar-refractivity contribution in [2.75, 3.05) is 12.4 Å². The number of fused-ring (bicyclic) bond motifs is 1. The number of rotatable bonds is 7. The van der Waals surface area contributed by atoms with Gasteiger partial charge in [-0.3, -0.25) is 19.5 Å². The first-order valence-electron chi connectivity index (χ1n) is 8.75. The maximum atomic E-state index is 12.2. The number of hydrogen-bond acceptors (Lipinski definition) is 7. The van der Waals surface area contributed by atoms with Gasteiger partial charge in [-0.2, -0.15) is 0 Å². The molecule has 1 heterocycles. The molecule has 0 fully saturated rings. The highest BCUT2D eigenvalue weighted by molar-refractivity contribution is 6.33. The van der Waals surface area contributed by atoms with Crippen LogP contribution in [0.15, 0.2) is 45.6 Å². The van der Waals surface area contributed by atoms with Crippen molar-refractivity contribution in [3.05, 3.63) is 67.6 Å². The van der Waals surface area contributed by atoms with Gasteiger partial charge in [-0.05, 0) is 30.7 Å². The average molecular weight is 434 g/mol. The van der Waals surface area contributed by atoms with Crippen molar-refractivity contribution in [1.82, 2.24) is 4.57 Å². The van der Waals surface area contributed by atoms with E-state index in [4.69, 9.17) is 16.0 Å². The summed E-state index contributed by atoms with van der Waals surface area (Å²) in [6, 6.07) is 8.24. The van der Waals surface area contributed by atoms with Crippen LogP contribution in [-0.4, -0.2) is 28.5 Å². The molecule has 0 saturated heterocycles. The lowest BCUT2D eigenvalue weighted by Gasteiger charge is -2.09. The summed E-state index contributed by atoms with van der Waals surface area (Å²) in [5.41, 5.74) is 0.823. The highest BCUT2D eigenvalue weighted by Crippen LogP contribution is 2.24. The molecule has 3 rings (SSSR count). The van der Waals surface area contributed by atoms with E-state index >= 15 is 0 Å². The number of anilines is 1. The number of nitro groups is 1. The second kappa shape index (κ2) is 8.78. The standard InChI is InChI=1S/C19H16ClN3O7/c1-29-18(25)11-4-6-13(20)14(9-11)21-17(24)3-2-8-22-15-7-5-12(23(27)28)10-16(15)30-19(22)26/h4-7,9-10H,2-3,8H2,1H3,(H,21,24). The van der Waals surface area contributed by atoms with Gasteiger partial charge in [0.25, 0.3) is 5.69 Å². The summed E-state index contributed by atoms with van der Waals surface area (Å²) in [6.45, 7) is 0.174. The van der Waals surface area contributed by atoms with Crippen LogP contribution in [0.4, 0.5) is 11.4 Å². The van der Waals surface area contributed by atoms with Crippen LogP contribution in [0.3, 0.4) is 0 Å². The maximum absolute atomic E-state index is 12.2. The Morgan fingerprint density at radius 1 is 1.27 bits per heavy atom. The molecule has 30 heavy (non-hydrogen) atoms. The first-order valence-corrected chi connectivity index (χ1v) is 9.13. The third-order valence-electron chi connectivity index (χ3n) is 4.31. The summed E-state index contributed by atoms with van der Waals surface area (Å²) in [7, 11) is 1.24. The highest BCUT2D eigenvalue weighted by atomic mass is 35.5. The molecule has 0 aliphatic carbocycles. The Labute approximate surface area is 174 Å².